The van der Waals surface area contributed by atoms with Gasteiger partial charge < -0.3 is 15.4 Å². The van der Waals surface area contributed by atoms with Crippen LogP contribution in [0.5, 0.6) is 11.8 Å². The molecular formula is C21H14ClFN6O. The molecule has 0 radical (unpaired) electrons. The van der Waals surface area contributed by atoms with E-state index in [9.17, 15) is 4.39 Å². The molecule has 2 N–H and O–H groups in total. The lowest BCUT2D eigenvalue weighted by atomic mass is 10.1. The molecule has 0 unspecified atom stereocenters. The van der Waals surface area contributed by atoms with E-state index in [4.69, 9.17) is 21.6 Å². The van der Waals surface area contributed by atoms with Crippen LogP contribution < -0.4 is 15.4 Å². The summed E-state index contributed by atoms with van der Waals surface area (Å²) >= 11 is 6.26. The van der Waals surface area contributed by atoms with Crippen molar-refractivity contribution in [3.05, 3.63) is 71.0 Å². The number of rotatable bonds is 5. The lowest BCUT2D eigenvalue weighted by molar-refractivity contribution is 0.442. The highest BCUT2D eigenvalue weighted by Gasteiger charge is 2.11. The minimum Gasteiger partial charge on any atom is -0.424 e. The number of hydrogen-bond donors (Lipinski definition) is 2. The predicted molar refractivity (Wildman–Crippen MR) is 113 cm³/mol. The summed E-state index contributed by atoms with van der Waals surface area (Å²) in [5, 5.41) is 16.9. The number of ether oxygens (including phenoxy) is 1. The van der Waals surface area contributed by atoms with Crippen molar-refractivity contribution in [2.24, 2.45) is 0 Å². The molecule has 30 heavy (non-hydrogen) atoms. The molecule has 0 atom stereocenters. The Labute approximate surface area is 176 Å². The van der Waals surface area contributed by atoms with Crippen LogP contribution in [-0.4, -0.2) is 22.0 Å². The molecule has 3 aromatic carbocycles. The van der Waals surface area contributed by atoms with Gasteiger partial charge in [0.05, 0.1) is 17.3 Å². The number of nitrogens with zero attached hydrogens (tertiary/aromatic N) is 4. The SMILES string of the molecule is CNc1nc(Nc2ccc(C#N)cc2F)nc(Oc2ccc3cccc(Cl)c3c2)n1. The van der Waals surface area contributed by atoms with Gasteiger partial charge in [-0.25, -0.2) is 4.39 Å². The third-order valence-corrected chi connectivity index (χ3v) is 4.52. The highest BCUT2D eigenvalue weighted by molar-refractivity contribution is 6.35. The second-order valence-electron chi connectivity index (χ2n) is 6.17. The smallest absolute Gasteiger partial charge is 0.328 e. The molecule has 4 rings (SSSR count). The maximum absolute atomic E-state index is 14.2. The van der Waals surface area contributed by atoms with Crippen molar-refractivity contribution in [1.82, 2.24) is 15.0 Å². The first kappa shape index (κ1) is 19.4. The largest absolute Gasteiger partial charge is 0.424 e. The predicted octanol–water partition coefficient (Wildman–Crippen LogP) is 5.27. The van der Waals surface area contributed by atoms with E-state index in [-0.39, 0.29) is 29.2 Å². The fourth-order valence-electron chi connectivity index (χ4n) is 2.76. The molecule has 0 saturated carbocycles. The summed E-state index contributed by atoms with van der Waals surface area (Å²) in [6, 6.07) is 17.0. The second kappa shape index (κ2) is 8.19. The summed E-state index contributed by atoms with van der Waals surface area (Å²) in [5.41, 5.74) is 0.328. The summed E-state index contributed by atoms with van der Waals surface area (Å²) in [7, 11) is 1.64. The Hall–Kier alpha value is -3.96. The number of nitriles is 1. The first-order valence-electron chi connectivity index (χ1n) is 8.82. The quantitative estimate of drug-likeness (QED) is 0.454. The molecule has 1 aromatic heterocycles. The first-order chi connectivity index (χ1) is 14.6. The molecule has 0 amide bonds. The van der Waals surface area contributed by atoms with Crippen LogP contribution in [0.4, 0.5) is 22.0 Å². The van der Waals surface area contributed by atoms with Crippen LogP contribution >= 0.6 is 11.6 Å². The molecule has 4 aromatic rings. The molecule has 9 heteroatoms. The number of fused-ring (bicyclic) bond motifs is 1. The monoisotopic (exact) mass is 420 g/mol. The normalized spacial score (nSPS) is 10.5. The summed E-state index contributed by atoms with van der Waals surface area (Å²) < 4.78 is 20.0. The Balaban J connectivity index is 1.65. The van der Waals surface area contributed by atoms with Crippen molar-refractivity contribution < 1.29 is 9.13 Å². The van der Waals surface area contributed by atoms with Crippen molar-refractivity contribution >= 4 is 40.0 Å². The zero-order valence-electron chi connectivity index (χ0n) is 15.6. The van der Waals surface area contributed by atoms with Gasteiger partial charge in [-0.3, -0.25) is 0 Å². The molecule has 0 aliphatic heterocycles. The number of benzene rings is 3. The van der Waals surface area contributed by atoms with Gasteiger partial charge in [0.25, 0.3) is 0 Å². The Morgan fingerprint density at radius 1 is 1.03 bits per heavy atom. The maximum atomic E-state index is 14.2. The molecule has 0 aliphatic carbocycles. The minimum absolute atomic E-state index is 0.0114. The van der Waals surface area contributed by atoms with Gasteiger partial charge in [-0.1, -0.05) is 29.8 Å². The van der Waals surface area contributed by atoms with Gasteiger partial charge in [-0.2, -0.15) is 20.2 Å². The van der Waals surface area contributed by atoms with E-state index in [2.05, 4.69) is 25.6 Å². The van der Waals surface area contributed by atoms with Gasteiger partial charge in [0, 0.05) is 17.5 Å². The van der Waals surface area contributed by atoms with Crippen molar-refractivity contribution in [3.8, 4) is 17.8 Å². The van der Waals surface area contributed by atoms with Gasteiger partial charge in [-0.05, 0) is 41.8 Å². The van der Waals surface area contributed by atoms with E-state index in [1.54, 1.807) is 25.2 Å². The standard InChI is InChI=1S/C21H14ClFN6O/c1-25-19-27-20(26-18-8-5-12(11-24)9-17(18)23)29-21(28-19)30-14-7-6-13-3-2-4-16(22)15(13)10-14/h2-10H,1H3,(H2,25,26,27,28,29). The average Bonchev–Trinajstić information content (AvgIpc) is 2.75. The number of nitrogens with one attached hydrogen (secondary N) is 2. The Morgan fingerprint density at radius 2 is 1.87 bits per heavy atom. The Kier molecular flexibility index (Phi) is 5.28. The van der Waals surface area contributed by atoms with Crippen LogP contribution in [0.1, 0.15) is 5.56 Å². The second-order valence-corrected chi connectivity index (χ2v) is 6.58. The average molecular weight is 421 g/mol. The minimum atomic E-state index is -0.605. The van der Waals surface area contributed by atoms with Crippen molar-refractivity contribution in [2.75, 3.05) is 17.7 Å². The first-order valence-corrected chi connectivity index (χ1v) is 9.20. The zero-order chi connectivity index (χ0) is 21.1. The third-order valence-electron chi connectivity index (χ3n) is 4.19. The van der Waals surface area contributed by atoms with Crippen LogP contribution in [0.3, 0.4) is 0 Å². The molecule has 1 heterocycles. The lowest BCUT2D eigenvalue weighted by Gasteiger charge is -2.10. The molecule has 148 valence electrons. The van der Waals surface area contributed by atoms with Gasteiger partial charge >= 0.3 is 6.01 Å². The fourth-order valence-corrected chi connectivity index (χ4v) is 3.00. The van der Waals surface area contributed by atoms with Crippen LogP contribution in [0.15, 0.2) is 54.6 Å². The van der Waals surface area contributed by atoms with Crippen LogP contribution in [0, 0.1) is 17.1 Å². The number of anilines is 3. The van der Waals surface area contributed by atoms with Gasteiger partial charge in [0.2, 0.25) is 11.9 Å². The van der Waals surface area contributed by atoms with Gasteiger partial charge in [0.1, 0.15) is 11.6 Å². The van der Waals surface area contributed by atoms with E-state index in [1.807, 2.05) is 24.3 Å². The lowest BCUT2D eigenvalue weighted by Crippen LogP contribution is -2.06. The van der Waals surface area contributed by atoms with Gasteiger partial charge in [-0.15, -0.1) is 0 Å². The van der Waals surface area contributed by atoms with Gasteiger partial charge in [0.15, 0.2) is 0 Å². The summed E-state index contributed by atoms with van der Waals surface area (Å²) in [6.07, 6.45) is 0. The topological polar surface area (TPSA) is 95.8 Å². The third kappa shape index (κ3) is 4.06. The molecule has 0 aliphatic rings. The summed E-state index contributed by atoms with van der Waals surface area (Å²) in [4.78, 5) is 12.5. The molecule has 0 saturated heterocycles. The van der Waals surface area contributed by atoms with Crippen molar-refractivity contribution in [2.45, 2.75) is 0 Å². The van der Waals surface area contributed by atoms with E-state index >= 15 is 0 Å². The van der Waals surface area contributed by atoms with Crippen LogP contribution in [-0.2, 0) is 0 Å². The van der Waals surface area contributed by atoms with Crippen molar-refractivity contribution in [3.63, 3.8) is 0 Å². The zero-order valence-corrected chi connectivity index (χ0v) is 16.4. The Morgan fingerprint density at radius 3 is 2.63 bits per heavy atom. The maximum Gasteiger partial charge on any atom is 0.328 e. The van der Waals surface area contributed by atoms with E-state index in [1.165, 1.54) is 12.1 Å². The molecular weight excluding hydrogens is 407 g/mol. The summed E-state index contributed by atoms with van der Waals surface area (Å²) in [6.45, 7) is 0. The highest BCUT2D eigenvalue weighted by Crippen LogP contribution is 2.29. The van der Waals surface area contributed by atoms with E-state index < -0.39 is 5.82 Å². The van der Waals surface area contributed by atoms with E-state index in [0.29, 0.717) is 10.8 Å². The fraction of sp³-hybridized carbons (Fsp3) is 0.0476. The summed E-state index contributed by atoms with van der Waals surface area (Å²) in [5.74, 6) is 0.189. The number of aromatic nitrogens is 3. The van der Waals surface area contributed by atoms with E-state index in [0.717, 1.165) is 16.8 Å². The molecule has 7 nitrogen and oxygen atoms in total. The molecule has 0 fully saturated rings. The molecule has 0 spiro atoms. The van der Waals surface area contributed by atoms with Crippen molar-refractivity contribution in [1.29, 1.82) is 5.26 Å². The molecule has 0 bridgehead atoms. The number of halogens is 2. The Bertz CT molecular complexity index is 1290. The van der Waals surface area contributed by atoms with Crippen LogP contribution in [0.2, 0.25) is 5.02 Å². The number of hydrogen-bond acceptors (Lipinski definition) is 7. The van der Waals surface area contributed by atoms with Crippen LogP contribution in [0.25, 0.3) is 10.8 Å². The highest BCUT2D eigenvalue weighted by atomic mass is 35.5.